The van der Waals surface area contributed by atoms with E-state index in [1.807, 2.05) is 17.6 Å². The first-order chi connectivity index (χ1) is 10.7. The molecule has 6 heteroatoms. The highest BCUT2D eigenvalue weighted by molar-refractivity contribution is 7.98. The molecule has 0 radical (unpaired) electrons. The highest BCUT2D eigenvalue weighted by atomic mass is 32.2. The lowest BCUT2D eigenvalue weighted by atomic mass is 9.97. The van der Waals surface area contributed by atoms with Crippen LogP contribution < -0.4 is 11.1 Å². The number of rotatable bonds is 8. The Bertz CT molecular complexity index is 439. The van der Waals surface area contributed by atoms with Crippen LogP contribution in [-0.4, -0.2) is 48.5 Å². The minimum atomic E-state index is -0.363. The Morgan fingerprint density at radius 3 is 3.23 bits per heavy atom. The normalized spacial score (nSPS) is 20.7. The van der Waals surface area contributed by atoms with Crippen LogP contribution >= 0.6 is 23.1 Å². The van der Waals surface area contributed by atoms with Crippen molar-refractivity contribution in [3.8, 4) is 0 Å². The van der Waals surface area contributed by atoms with Crippen molar-refractivity contribution < 1.29 is 4.79 Å². The summed E-state index contributed by atoms with van der Waals surface area (Å²) in [6.45, 7) is 4.02. The average molecular weight is 342 g/mol. The molecular formula is C16H27N3OS2. The Hall–Kier alpha value is -0.560. The number of nitrogens with zero attached hydrogens (tertiary/aromatic N) is 1. The number of hydrogen-bond acceptors (Lipinski definition) is 5. The summed E-state index contributed by atoms with van der Waals surface area (Å²) >= 11 is 3.55. The first kappa shape index (κ1) is 17.8. The SMILES string of the molecule is CSCC[C@H](N)C(=O)NCC1CCCN(Cc2cccs2)C1. The molecule has 1 aliphatic heterocycles. The van der Waals surface area contributed by atoms with E-state index in [1.165, 1.54) is 17.7 Å². The quantitative estimate of drug-likeness (QED) is 0.761. The number of amides is 1. The minimum Gasteiger partial charge on any atom is -0.354 e. The van der Waals surface area contributed by atoms with Crippen molar-refractivity contribution in [2.24, 2.45) is 11.7 Å². The number of nitrogens with two attached hydrogens (primary N) is 1. The second kappa shape index (κ2) is 9.55. The van der Waals surface area contributed by atoms with Crippen LogP contribution in [0.4, 0.5) is 0 Å². The molecular weight excluding hydrogens is 314 g/mol. The van der Waals surface area contributed by atoms with E-state index in [2.05, 4.69) is 27.7 Å². The monoisotopic (exact) mass is 341 g/mol. The number of nitrogens with one attached hydrogen (secondary N) is 1. The second-order valence-electron chi connectivity index (χ2n) is 5.96. The van der Waals surface area contributed by atoms with Gasteiger partial charge in [-0.2, -0.15) is 11.8 Å². The summed E-state index contributed by atoms with van der Waals surface area (Å²) in [4.78, 5) is 15.9. The third-order valence-electron chi connectivity index (χ3n) is 4.10. The van der Waals surface area contributed by atoms with E-state index in [-0.39, 0.29) is 11.9 Å². The van der Waals surface area contributed by atoms with Gasteiger partial charge in [-0.15, -0.1) is 11.3 Å². The van der Waals surface area contributed by atoms with Gasteiger partial charge >= 0.3 is 0 Å². The largest absolute Gasteiger partial charge is 0.354 e. The summed E-state index contributed by atoms with van der Waals surface area (Å²) < 4.78 is 0. The Labute approximate surface area is 141 Å². The maximum atomic E-state index is 12.0. The standard InChI is InChI=1S/C16H27N3OS2/c1-21-9-6-15(17)16(20)18-10-13-4-2-7-19(11-13)12-14-5-3-8-22-14/h3,5,8,13,15H,2,4,6-7,9-12,17H2,1H3,(H,18,20)/t13?,15-/m0/s1. The summed E-state index contributed by atoms with van der Waals surface area (Å²) in [5, 5.41) is 5.18. The van der Waals surface area contributed by atoms with Crippen molar-refractivity contribution >= 4 is 29.0 Å². The molecule has 4 nitrogen and oxygen atoms in total. The molecule has 0 bridgehead atoms. The zero-order valence-corrected chi connectivity index (χ0v) is 14.9. The minimum absolute atomic E-state index is 0.00410. The first-order valence-electron chi connectivity index (χ1n) is 7.96. The van der Waals surface area contributed by atoms with Gasteiger partial charge in [0.25, 0.3) is 0 Å². The molecule has 124 valence electrons. The molecule has 1 unspecified atom stereocenters. The summed E-state index contributed by atoms with van der Waals surface area (Å²) in [7, 11) is 0. The number of likely N-dealkylation sites (tertiary alicyclic amines) is 1. The van der Waals surface area contributed by atoms with Gasteiger partial charge < -0.3 is 11.1 Å². The number of thioether (sulfide) groups is 1. The van der Waals surface area contributed by atoms with Crippen molar-refractivity contribution in [3.63, 3.8) is 0 Å². The smallest absolute Gasteiger partial charge is 0.236 e. The van der Waals surface area contributed by atoms with E-state index < -0.39 is 0 Å². The van der Waals surface area contributed by atoms with Crippen LogP contribution in [0.5, 0.6) is 0 Å². The van der Waals surface area contributed by atoms with Gasteiger partial charge in [0.2, 0.25) is 5.91 Å². The van der Waals surface area contributed by atoms with Gasteiger partial charge in [-0.25, -0.2) is 0 Å². The predicted octanol–water partition coefficient (Wildman–Crippen LogP) is 2.16. The average Bonchev–Trinajstić information content (AvgIpc) is 3.03. The fourth-order valence-corrected chi connectivity index (χ4v) is 4.07. The highest BCUT2D eigenvalue weighted by Gasteiger charge is 2.21. The topological polar surface area (TPSA) is 58.4 Å². The van der Waals surface area contributed by atoms with Gasteiger partial charge in [-0.1, -0.05) is 6.07 Å². The maximum absolute atomic E-state index is 12.0. The van der Waals surface area contributed by atoms with E-state index >= 15 is 0 Å². The predicted molar refractivity (Wildman–Crippen MR) is 96.3 cm³/mol. The molecule has 3 N–H and O–H groups in total. The van der Waals surface area contributed by atoms with Gasteiger partial charge in [0.15, 0.2) is 0 Å². The molecule has 1 aliphatic rings. The Kier molecular flexibility index (Phi) is 7.72. The van der Waals surface area contributed by atoms with Crippen LogP contribution in [0.1, 0.15) is 24.1 Å². The molecule has 2 atom stereocenters. The van der Waals surface area contributed by atoms with Crippen LogP contribution in [0, 0.1) is 5.92 Å². The van der Waals surface area contributed by atoms with Crippen LogP contribution in [0.15, 0.2) is 17.5 Å². The van der Waals surface area contributed by atoms with Crippen LogP contribution in [0.2, 0.25) is 0 Å². The lowest BCUT2D eigenvalue weighted by Gasteiger charge is -2.32. The number of carbonyl (C=O) groups is 1. The molecule has 0 spiro atoms. The molecule has 2 rings (SSSR count). The van der Waals surface area contributed by atoms with E-state index in [1.54, 1.807) is 11.8 Å². The number of hydrogen-bond donors (Lipinski definition) is 2. The van der Waals surface area contributed by atoms with Crippen molar-refractivity contribution in [2.75, 3.05) is 31.6 Å². The van der Waals surface area contributed by atoms with E-state index in [0.717, 1.165) is 38.4 Å². The molecule has 1 aromatic rings. The zero-order chi connectivity index (χ0) is 15.8. The zero-order valence-electron chi connectivity index (χ0n) is 13.3. The lowest BCUT2D eigenvalue weighted by molar-refractivity contribution is -0.122. The molecule has 1 fully saturated rings. The summed E-state index contributed by atoms with van der Waals surface area (Å²) in [6.07, 6.45) is 5.20. The van der Waals surface area contributed by atoms with Crippen molar-refractivity contribution in [2.45, 2.75) is 31.8 Å². The third-order valence-corrected chi connectivity index (χ3v) is 5.60. The highest BCUT2D eigenvalue weighted by Crippen LogP contribution is 2.20. The molecule has 1 amide bonds. The van der Waals surface area contributed by atoms with Gasteiger partial charge in [0, 0.05) is 24.5 Å². The van der Waals surface area contributed by atoms with Crippen molar-refractivity contribution in [1.82, 2.24) is 10.2 Å². The Balaban J connectivity index is 1.70. The number of carbonyl (C=O) groups excluding carboxylic acids is 1. The van der Waals surface area contributed by atoms with Crippen LogP contribution in [-0.2, 0) is 11.3 Å². The molecule has 1 saturated heterocycles. The van der Waals surface area contributed by atoms with Gasteiger partial charge in [-0.3, -0.25) is 9.69 Å². The van der Waals surface area contributed by atoms with Gasteiger partial charge in [-0.05, 0) is 55.2 Å². The fourth-order valence-electron chi connectivity index (χ4n) is 2.84. The molecule has 0 aliphatic carbocycles. The van der Waals surface area contributed by atoms with E-state index in [9.17, 15) is 4.79 Å². The van der Waals surface area contributed by atoms with Gasteiger partial charge in [0.05, 0.1) is 6.04 Å². The Morgan fingerprint density at radius 2 is 2.50 bits per heavy atom. The van der Waals surface area contributed by atoms with Crippen molar-refractivity contribution in [3.05, 3.63) is 22.4 Å². The first-order valence-corrected chi connectivity index (χ1v) is 10.2. The van der Waals surface area contributed by atoms with Crippen LogP contribution in [0.3, 0.4) is 0 Å². The molecule has 0 aromatic carbocycles. The van der Waals surface area contributed by atoms with Crippen molar-refractivity contribution in [1.29, 1.82) is 0 Å². The molecule has 0 saturated carbocycles. The van der Waals surface area contributed by atoms with Crippen LogP contribution in [0.25, 0.3) is 0 Å². The van der Waals surface area contributed by atoms with E-state index in [0.29, 0.717) is 5.92 Å². The second-order valence-corrected chi connectivity index (χ2v) is 7.97. The molecule has 2 heterocycles. The molecule has 22 heavy (non-hydrogen) atoms. The summed E-state index contributed by atoms with van der Waals surface area (Å²) in [5.41, 5.74) is 5.90. The molecule has 1 aromatic heterocycles. The summed E-state index contributed by atoms with van der Waals surface area (Å²) in [5.74, 6) is 1.49. The number of thiophene rings is 1. The maximum Gasteiger partial charge on any atom is 0.236 e. The summed E-state index contributed by atoms with van der Waals surface area (Å²) in [6, 6.07) is 3.94. The fraction of sp³-hybridized carbons (Fsp3) is 0.688. The lowest BCUT2D eigenvalue weighted by Crippen LogP contribution is -2.45. The Morgan fingerprint density at radius 1 is 1.64 bits per heavy atom. The third kappa shape index (κ3) is 5.91. The number of piperidine rings is 1. The van der Waals surface area contributed by atoms with Gasteiger partial charge in [0.1, 0.15) is 0 Å². The van der Waals surface area contributed by atoms with E-state index in [4.69, 9.17) is 5.73 Å².